The molecule has 0 unspecified atom stereocenters. The fourth-order valence-electron chi connectivity index (χ4n) is 2.51. The van der Waals surface area contributed by atoms with E-state index in [9.17, 15) is 0 Å². The van der Waals surface area contributed by atoms with E-state index in [2.05, 4.69) is 45.7 Å². The number of pyridine rings is 1. The standard InChI is InChI=1S/C18H24NO2.Y/c1-11(2)12-8-13-14(18(3,4)5)9-17(21-7)19-15(13)10-16(12)20-6;/h8-10H,1-7H3;/q-1;. The maximum absolute atomic E-state index is 5.51. The molecule has 0 saturated carbocycles. The van der Waals surface area contributed by atoms with E-state index in [1.807, 2.05) is 12.1 Å². The summed E-state index contributed by atoms with van der Waals surface area (Å²) < 4.78 is 10.9. The molecule has 2 aromatic rings. The molecule has 4 heteroatoms. The number of fused-ring (bicyclic) bond motifs is 1. The molecule has 0 aliphatic rings. The van der Waals surface area contributed by atoms with Gasteiger partial charge < -0.3 is 9.47 Å². The normalized spacial score (nSPS) is 11.0. The van der Waals surface area contributed by atoms with Crippen LogP contribution in [-0.2, 0) is 38.1 Å². The second-order valence-corrected chi connectivity index (χ2v) is 6.53. The van der Waals surface area contributed by atoms with Crippen LogP contribution in [-0.4, -0.2) is 19.2 Å². The first-order valence-corrected chi connectivity index (χ1v) is 7.15. The van der Waals surface area contributed by atoms with Gasteiger partial charge in [0.25, 0.3) is 0 Å². The van der Waals surface area contributed by atoms with E-state index in [1.54, 1.807) is 14.2 Å². The van der Waals surface area contributed by atoms with Crippen molar-refractivity contribution in [2.45, 2.75) is 40.0 Å². The van der Waals surface area contributed by atoms with Crippen molar-refractivity contribution in [2.75, 3.05) is 14.2 Å². The summed E-state index contributed by atoms with van der Waals surface area (Å²) in [6.45, 7) is 10.8. The van der Waals surface area contributed by atoms with Gasteiger partial charge >= 0.3 is 0 Å². The number of rotatable bonds is 3. The molecule has 1 radical (unpaired) electrons. The van der Waals surface area contributed by atoms with Crippen LogP contribution >= 0.6 is 0 Å². The average molecular weight is 375 g/mol. The molecule has 1 heterocycles. The number of nitrogens with zero attached hydrogens (tertiary/aromatic N) is 1. The zero-order valence-electron chi connectivity index (χ0n) is 14.6. The van der Waals surface area contributed by atoms with Crippen LogP contribution in [0.3, 0.4) is 0 Å². The van der Waals surface area contributed by atoms with Gasteiger partial charge in [-0.1, -0.05) is 46.1 Å². The Balaban J connectivity index is 0.00000242. The molecule has 117 valence electrons. The van der Waals surface area contributed by atoms with Crippen LogP contribution in [0.1, 0.15) is 45.7 Å². The minimum atomic E-state index is 0. The first-order valence-electron chi connectivity index (χ1n) is 7.15. The molecule has 1 aromatic heterocycles. The van der Waals surface area contributed by atoms with Crippen molar-refractivity contribution in [3.8, 4) is 11.6 Å². The van der Waals surface area contributed by atoms with E-state index in [4.69, 9.17) is 9.47 Å². The Labute approximate surface area is 158 Å². The predicted octanol–water partition coefficient (Wildman–Crippen LogP) is 4.51. The molecule has 0 saturated heterocycles. The average Bonchev–Trinajstić information content (AvgIpc) is 2.43. The molecule has 0 aliphatic carbocycles. The summed E-state index contributed by atoms with van der Waals surface area (Å²) in [5.41, 5.74) is 3.28. The van der Waals surface area contributed by atoms with Gasteiger partial charge in [-0.25, -0.2) is 4.98 Å². The van der Waals surface area contributed by atoms with Crippen molar-refractivity contribution in [3.05, 3.63) is 35.2 Å². The van der Waals surface area contributed by atoms with Gasteiger partial charge in [-0.3, -0.25) is 0 Å². The van der Waals surface area contributed by atoms with Crippen LogP contribution in [0.5, 0.6) is 11.6 Å². The van der Waals surface area contributed by atoms with Crippen LogP contribution in [0.4, 0.5) is 0 Å². The smallest absolute Gasteiger partial charge is 0.213 e. The number of benzene rings is 1. The van der Waals surface area contributed by atoms with Crippen molar-refractivity contribution in [1.29, 1.82) is 0 Å². The summed E-state index contributed by atoms with van der Waals surface area (Å²) in [5, 5.41) is 1.15. The van der Waals surface area contributed by atoms with Gasteiger partial charge in [-0.15, -0.1) is 11.6 Å². The van der Waals surface area contributed by atoms with Gasteiger partial charge in [0.15, 0.2) is 0 Å². The second-order valence-electron chi connectivity index (χ2n) is 6.53. The van der Waals surface area contributed by atoms with Gasteiger partial charge in [0, 0.05) is 44.5 Å². The van der Waals surface area contributed by atoms with E-state index in [0.717, 1.165) is 22.2 Å². The molecule has 2 rings (SSSR count). The summed E-state index contributed by atoms with van der Waals surface area (Å²) in [6, 6.07) is 6.20. The van der Waals surface area contributed by atoms with Crippen LogP contribution in [0.15, 0.2) is 18.2 Å². The van der Waals surface area contributed by atoms with Crippen LogP contribution in [0.25, 0.3) is 10.9 Å². The van der Waals surface area contributed by atoms with E-state index in [0.29, 0.717) is 5.88 Å². The second kappa shape index (κ2) is 7.18. The fourth-order valence-corrected chi connectivity index (χ4v) is 2.51. The van der Waals surface area contributed by atoms with Gasteiger partial charge in [-0.05, 0) is 11.0 Å². The number of hydrogen-bond donors (Lipinski definition) is 0. The summed E-state index contributed by atoms with van der Waals surface area (Å²) in [6.07, 6.45) is 0. The van der Waals surface area contributed by atoms with E-state index in [1.165, 1.54) is 11.5 Å². The van der Waals surface area contributed by atoms with Gasteiger partial charge in [0.05, 0.1) is 19.7 Å². The van der Waals surface area contributed by atoms with Gasteiger partial charge in [0.2, 0.25) is 5.88 Å². The Kier molecular flexibility index (Phi) is 6.29. The monoisotopic (exact) mass is 375 g/mol. The minimum absolute atomic E-state index is 0. The molecule has 0 aliphatic heterocycles. The van der Waals surface area contributed by atoms with Crippen LogP contribution < -0.4 is 9.47 Å². The van der Waals surface area contributed by atoms with Crippen LogP contribution in [0.2, 0.25) is 0 Å². The Morgan fingerprint density at radius 1 is 1.00 bits per heavy atom. The Morgan fingerprint density at radius 2 is 1.64 bits per heavy atom. The first kappa shape index (κ1) is 19.3. The number of aromatic nitrogens is 1. The molecule has 0 atom stereocenters. The molecule has 0 fully saturated rings. The quantitative estimate of drug-likeness (QED) is 0.740. The number of hydrogen-bond acceptors (Lipinski definition) is 3. The number of methoxy groups -OCH3 is 2. The third kappa shape index (κ3) is 3.75. The largest absolute Gasteiger partial charge is 0.553 e. The number of ether oxygens (including phenoxy) is 2. The third-order valence-electron chi connectivity index (χ3n) is 3.66. The molecule has 1 aromatic carbocycles. The zero-order valence-corrected chi connectivity index (χ0v) is 17.4. The van der Waals surface area contributed by atoms with E-state index in [-0.39, 0.29) is 38.1 Å². The molecule has 0 amide bonds. The minimum Gasteiger partial charge on any atom is -0.553 e. The molecule has 22 heavy (non-hydrogen) atoms. The van der Waals surface area contributed by atoms with Gasteiger partial charge in [0.1, 0.15) is 0 Å². The Bertz CT molecular complexity index is 660. The van der Waals surface area contributed by atoms with Crippen molar-refractivity contribution in [3.63, 3.8) is 0 Å². The fraction of sp³-hybridized carbons (Fsp3) is 0.444. The maximum atomic E-state index is 5.51. The molecular weight excluding hydrogens is 351 g/mol. The van der Waals surface area contributed by atoms with Crippen molar-refractivity contribution < 1.29 is 42.2 Å². The summed E-state index contributed by atoms with van der Waals surface area (Å²) in [4.78, 5) is 4.57. The molecular formula is C18H24NO2Y-. The Morgan fingerprint density at radius 3 is 2.09 bits per heavy atom. The molecule has 0 bridgehead atoms. The molecule has 3 nitrogen and oxygen atoms in total. The van der Waals surface area contributed by atoms with Gasteiger partial charge in [-0.2, -0.15) is 5.92 Å². The Hall–Kier alpha value is -0.796. The molecule has 0 N–H and O–H groups in total. The topological polar surface area (TPSA) is 31.4 Å². The van der Waals surface area contributed by atoms with E-state index < -0.39 is 0 Å². The van der Waals surface area contributed by atoms with Crippen molar-refractivity contribution in [1.82, 2.24) is 4.98 Å². The van der Waals surface area contributed by atoms with E-state index >= 15 is 0 Å². The summed E-state index contributed by atoms with van der Waals surface area (Å²) >= 11 is 0. The van der Waals surface area contributed by atoms with Crippen molar-refractivity contribution >= 4 is 10.9 Å². The van der Waals surface area contributed by atoms with Crippen molar-refractivity contribution in [2.24, 2.45) is 0 Å². The SMILES string of the molecule is COc1cc(C(C)(C)C)c2cc([C-](C)C)c(OC)cc2n1.[Y]. The summed E-state index contributed by atoms with van der Waals surface area (Å²) in [7, 11) is 3.34. The zero-order chi connectivity index (χ0) is 15.8. The summed E-state index contributed by atoms with van der Waals surface area (Å²) in [5.74, 6) is 2.71. The molecule has 0 spiro atoms. The van der Waals surface area contributed by atoms with Crippen LogP contribution in [0, 0.1) is 5.92 Å². The predicted molar refractivity (Wildman–Crippen MR) is 87.2 cm³/mol. The first-order chi connectivity index (χ1) is 9.77. The third-order valence-corrected chi connectivity index (χ3v) is 3.66. The maximum Gasteiger partial charge on any atom is 0.213 e.